The molecule has 0 aromatic rings. The van der Waals surface area contributed by atoms with Crippen LogP contribution in [0.2, 0.25) is 0 Å². The van der Waals surface area contributed by atoms with E-state index >= 15 is 0 Å². The summed E-state index contributed by atoms with van der Waals surface area (Å²) >= 11 is -8.03. The van der Waals surface area contributed by atoms with Crippen molar-refractivity contribution in [2.45, 2.75) is 110 Å². The molecular weight excluding hydrogens is 630 g/mol. The zero-order valence-electron chi connectivity index (χ0n) is 20.4. The van der Waals surface area contributed by atoms with E-state index < -0.39 is 42.1 Å². The molecule has 0 unspecified atom stereocenters. The Kier molecular flexibility index (Phi) is 48.8. The Morgan fingerprint density at radius 1 is 0.484 bits per heavy atom. The van der Waals surface area contributed by atoms with Crippen molar-refractivity contribution < 1.29 is 73.4 Å². The lowest BCUT2D eigenvalue weighted by atomic mass is 10.0. The largest absolute Gasteiger partial charge is 0.427 e. The molecule has 0 spiro atoms. The van der Waals surface area contributed by atoms with Crippen LogP contribution in [0.15, 0.2) is 0 Å². The summed E-state index contributed by atoms with van der Waals surface area (Å²) in [5.74, 6) is 0. The predicted octanol–water partition coefficient (Wildman–Crippen LogP) is -8.88. The molecule has 0 amide bonds. The van der Waals surface area contributed by atoms with Crippen molar-refractivity contribution in [1.82, 2.24) is 0 Å². The van der Waals surface area contributed by atoms with Gasteiger partial charge in [0, 0.05) is 0 Å². The molecule has 0 bridgehead atoms. The zero-order chi connectivity index (χ0) is 24.8. The summed E-state index contributed by atoms with van der Waals surface area (Å²) in [6.07, 6.45) is 23.2. The molecule has 0 saturated carbocycles. The maximum Gasteiger partial charge on any atom is 0.282 e. The Labute approximate surface area is 209 Å². The quantitative estimate of drug-likeness (QED) is 0.121. The Hall–Kier alpha value is 1.14. The lowest BCUT2D eigenvalue weighted by Gasteiger charge is -2.03. The molecule has 0 saturated heterocycles. The van der Waals surface area contributed by atoms with Gasteiger partial charge in [0.1, 0.15) is 0 Å². The lowest BCUT2D eigenvalue weighted by molar-refractivity contribution is -1.73. The summed E-state index contributed by atoms with van der Waals surface area (Å²) in [7, 11) is 6.25. The number of hydrogen-bond donors (Lipinski definition) is 2. The topological polar surface area (TPSA) is 170 Å². The van der Waals surface area contributed by atoms with Crippen molar-refractivity contribution >= 4 is 0 Å². The smallest absolute Gasteiger partial charge is 0.282 e. The van der Waals surface area contributed by atoms with Gasteiger partial charge >= 0.3 is 0 Å². The normalized spacial score (nSPS) is 10.3. The minimum Gasteiger partial charge on any atom is -0.427 e. The van der Waals surface area contributed by atoms with Gasteiger partial charge in [-0.1, -0.05) is 96.8 Å². The summed E-state index contributed by atoms with van der Waals surface area (Å²) in [5.41, 5.74) is 3.89. The van der Waals surface area contributed by atoms with Gasteiger partial charge in [0.25, 0.3) is 42.1 Å². The number of hydrogen-bond acceptors (Lipinski definition) is 6. The highest BCUT2D eigenvalue weighted by Crippen LogP contribution is 2.13. The predicted molar refractivity (Wildman–Crippen MR) is 106 cm³/mol. The van der Waals surface area contributed by atoms with Gasteiger partial charge in [0.15, 0.2) is 0 Å². The van der Waals surface area contributed by atoms with Gasteiger partial charge in [-0.15, -0.1) is 0 Å². The monoisotopic (exact) mass is 680 g/mol. The first-order valence-corrected chi connectivity index (χ1v) is 16.9. The SMILES string of the molecule is CCCCCCCCCCCCCCCCCC[NH3+].C[NH+](C)C.[O-][I+2]([O-])[O-].[O-][I+2]([O-])[O-]. The average Bonchev–Trinajstić information content (AvgIpc) is 2.63. The van der Waals surface area contributed by atoms with E-state index in [9.17, 15) is 0 Å². The number of nitrogens with one attached hydrogen (secondary N) is 1. The molecule has 10 heteroatoms. The molecule has 31 heavy (non-hydrogen) atoms. The van der Waals surface area contributed by atoms with Crippen molar-refractivity contribution in [2.24, 2.45) is 0 Å². The fraction of sp³-hybridized carbons (Fsp3) is 1.00. The zero-order valence-corrected chi connectivity index (χ0v) is 24.7. The number of unbranched alkanes of at least 4 members (excludes halogenated alkanes) is 15. The van der Waals surface area contributed by atoms with Gasteiger partial charge in [0.05, 0.1) is 27.7 Å². The lowest BCUT2D eigenvalue weighted by Crippen LogP contribution is -4.05. The summed E-state index contributed by atoms with van der Waals surface area (Å²) in [4.78, 5) is 1.42. The Morgan fingerprint density at radius 2 is 0.645 bits per heavy atom. The fourth-order valence-corrected chi connectivity index (χ4v) is 2.72. The summed E-state index contributed by atoms with van der Waals surface area (Å²) in [6.45, 7) is 3.42. The first-order chi connectivity index (χ1) is 14.6. The fourth-order valence-electron chi connectivity index (χ4n) is 2.72. The highest BCUT2D eigenvalue weighted by atomic mass is 127. The first kappa shape index (κ1) is 39.4. The molecule has 0 fully saturated rings. The minimum absolute atomic E-state index is 1.12. The van der Waals surface area contributed by atoms with E-state index in [4.69, 9.17) is 20.6 Å². The Balaban J connectivity index is -0.000000247. The third-order valence-electron chi connectivity index (χ3n) is 4.10. The highest BCUT2D eigenvalue weighted by Gasteiger charge is 1.94. The van der Waals surface area contributed by atoms with Gasteiger partial charge in [-0.25, -0.2) is 0 Å². The second-order valence-electron chi connectivity index (χ2n) is 8.03. The molecule has 0 aromatic carbocycles. The molecule has 8 nitrogen and oxygen atoms in total. The standard InChI is InChI=1S/C18H39N.C3H9N.2IO3/c1-2-3-4-5-6-7-8-9-10-11-12-13-14-15-16-17-18-19;1-4(2)3;2*2-1(3)4/h2-19H2,1H3;1-3H3;;/q;;2*-1/p+2. The summed E-state index contributed by atoms with van der Waals surface area (Å²) in [5, 5.41) is 0. The highest BCUT2D eigenvalue weighted by molar-refractivity contribution is 4.49. The van der Waals surface area contributed by atoms with Gasteiger partial charge in [-0.05, 0) is 12.8 Å². The van der Waals surface area contributed by atoms with Crippen LogP contribution in [0.1, 0.15) is 110 Å². The van der Waals surface area contributed by atoms with Gasteiger partial charge in [-0.2, -0.15) is 0 Å². The summed E-state index contributed by atoms with van der Waals surface area (Å²) < 4.78 is 51.4. The van der Waals surface area contributed by atoms with Crippen LogP contribution >= 0.6 is 0 Å². The van der Waals surface area contributed by atoms with E-state index in [1.54, 1.807) is 0 Å². The van der Waals surface area contributed by atoms with Crippen LogP contribution in [-0.2, 0) is 0 Å². The van der Waals surface area contributed by atoms with Crippen LogP contribution in [0.4, 0.5) is 0 Å². The van der Waals surface area contributed by atoms with Crippen LogP contribution in [-0.4, -0.2) is 27.7 Å². The van der Waals surface area contributed by atoms with Crippen molar-refractivity contribution in [1.29, 1.82) is 0 Å². The van der Waals surface area contributed by atoms with E-state index in [2.05, 4.69) is 33.8 Å². The van der Waals surface area contributed by atoms with Crippen LogP contribution in [0.5, 0.6) is 0 Å². The van der Waals surface area contributed by atoms with E-state index in [-0.39, 0.29) is 0 Å². The van der Waals surface area contributed by atoms with Crippen LogP contribution in [0.25, 0.3) is 0 Å². The second-order valence-corrected chi connectivity index (χ2v) is 10.2. The van der Waals surface area contributed by atoms with Crippen molar-refractivity contribution in [3.8, 4) is 0 Å². The maximum atomic E-state index is 8.57. The summed E-state index contributed by atoms with van der Waals surface area (Å²) in [6, 6.07) is 0. The molecule has 4 N–H and O–H groups in total. The van der Waals surface area contributed by atoms with E-state index in [0.717, 1.165) is 6.54 Å². The molecule has 0 heterocycles. The number of quaternary nitrogens is 2. The molecule has 194 valence electrons. The molecule has 0 aromatic heterocycles. The molecular formula is C21H50I2N2O6. The van der Waals surface area contributed by atoms with Crippen LogP contribution in [0, 0.1) is 0 Å². The van der Waals surface area contributed by atoms with Gasteiger partial charge in [0.2, 0.25) is 0 Å². The van der Waals surface area contributed by atoms with Crippen LogP contribution in [0.3, 0.4) is 0 Å². The molecule has 0 radical (unpaired) electrons. The van der Waals surface area contributed by atoms with Crippen molar-refractivity contribution in [2.75, 3.05) is 27.7 Å². The molecule has 0 aliphatic rings. The maximum absolute atomic E-state index is 8.57. The molecule has 0 rings (SSSR count). The molecule has 0 aliphatic carbocycles. The van der Waals surface area contributed by atoms with Gasteiger partial charge < -0.3 is 31.2 Å². The van der Waals surface area contributed by atoms with E-state index in [1.807, 2.05) is 0 Å². The second kappa shape index (κ2) is 38.4. The van der Waals surface area contributed by atoms with Crippen molar-refractivity contribution in [3.05, 3.63) is 0 Å². The molecule has 0 atom stereocenters. The Bertz CT molecular complexity index is 242. The van der Waals surface area contributed by atoms with Gasteiger partial charge in [-0.3, -0.25) is 0 Å². The van der Waals surface area contributed by atoms with E-state index in [1.165, 1.54) is 108 Å². The first-order valence-electron chi connectivity index (χ1n) is 11.6. The third-order valence-corrected chi connectivity index (χ3v) is 4.10. The minimum atomic E-state index is -4.01. The third kappa shape index (κ3) is 90.0. The van der Waals surface area contributed by atoms with Crippen molar-refractivity contribution in [3.63, 3.8) is 0 Å². The van der Waals surface area contributed by atoms with Crippen LogP contribution < -0.4 is 73.4 Å². The number of rotatable bonds is 16. The Morgan fingerprint density at radius 3 is 0.806 bits per heavy atom. The average molecular weight is 680 g/mol. The van der Waals surface area contributed by atoms with E-state index in [0.29, 0.717) is 0 Å². The molecule has 0 aliphatic heterocycles. The number of halogens is 2.